The van der Waals surface area contributed by atoms with E-state index in [1.54, 1.807) is 10.9 Å². The molecule has 0 spiro atoms. The Bertz CT molecular complexity index is 563. The Balaban J connectivity index is 2.39. The van der Waals surface area contributed by atoms with Gasteiger partial charge in [-0.3, -0.25) is 4.79 Å². The van der Waals surface area contributed by atoms with Gasteiger partial charge in [-0.25, -0.2) is 4.68 Å². The highest BCUT2D eigenvalue weighted by Gasteiger charge is 2.15. The Morgan fingerprint density at radius 3 is 2.83 bits per heavy atom. The van der Waals surface area contributed by atoms with Crippen LogP contribution in [0.2, 0.25) is 0 Å². The normalized spacial score (nSPS) is 12.3. The lowest BCUT2D eigenvalue weighted by atomic mass is 10.0. The van der Waals surface area contributed by atoms with Crippen molar-refractivity contribution in [3.8, 4) is 5.69 Å². The average Bonchev–Trinajstić information content (AvgIpc) is 2.75. The van der Waals surface area contributed by atoms with Gasteiger partial charge >= 0.3 is 5.97 Å². The standard InChI is InChI=1S/C13H15N3O2/c1-9-7-15-16(8-9)12-5-3-2-4-10(12)11(14)6-13(17)18/h2-5,7-8,11H,6,14H2,1H3,(H,17,18). The molecule has 3 N–H and O–H groups in total. The smallest absolute Gasteiger partial charge is 0.305 e. The minimum atomic E-state index is -0.908. The molecule has 0 fully saturated rings. The van der Waals surface area contributed by atoms with Gasteiger partial charge in [0.2, 0.25) is 0 Å². The van der Waals surface area contributed by atoms with E-state index in [9.17, 15) is 4.79 Å². The van der Waals surface area contributed by atoms with Crippen LogP contribution in [0.4, 0.5) is 0 Å². The van der Waals surface area contributed by atoms with Crippen molar-refractivity contribution in [2.75, 3.05) is 0 Å². The van der Waals surface area contributed by atoms with Crippen molar-refractivity contribution in [3.63, 3.8) is 0 Å². The third-order valence-electron chi connectivity index (χ3n) is 2.69. The van der Waals surface area contributed by atoms with Gasteiger partial charge in [0.15, 0.2) is 0 Å². The summed E-state index contributed by atoms with van der Waals surface area (Å²) in [6.45, 7) is 1.95. The molecule has 0 radical (unpaired) electrons. The van der Waals surface area contributed by atoms with Crippen LogP contribution in [0.25, 0.3) is 5.69 Å². The van der Waals surface area contributed by atoms with Crippen molar-refractivity contribution in [1.82, 2.24) is 9.78 Å². The van der Waals surface area contributed by atoms with Crippen molar-refractivity contribution in [2.24, 2.45) is 5.73 Å². The van der Waals surface area contributed by atoms with Crippen LogP contribution in [0.5, 0.6) is 0 Å². The molecule has 0 bridgehead atoms. The number of carboxylic acid groups (broad SMARTS) is 1. The second kappa shape index (κ2) is 5.01. The van der Waals surface area contributed by atoms with Gasteiger partial charge < -0.3 is 10.8 Å². The lowest BCUT2D eigenvalue weighted by Gasteiger charge is -2.14. The van der Waals surface area contributed by atoms with E-state index in [1.807, 2.05) is 37.4 Å². The molecule has 0 aliphatic rings. The highest BCUT2D eigenvalue weighted by Crippen LogP contribution is 2.22. The van der Waals surface area contributed by atoms with E-state index in [0.29, 0.717) is 0 Å². The van der Waals surface area contributed by atoms with Crippen LogP contribution >= 0.6 is 0 Å². The van der Waals surface area contributed by atoms with Crippen LogP contribution in [0, 0.1) is 6.92 Å². The number of carbonyl (C=O) groups is 1. The molecule has 0 saturated carbocycles. The molecule has 2 rings (SSSR count). The maximum Gasteiger partial charge on any atom is 0.305 e. The Kier molecular flexibility index (Phi) is 3.43. The van der Waals surface area contributed by atoms with E-state index < -0.39 is 12.0 Å². The van der Waals surface area contributed by atoms with Crippen molar-refractivity contribution in [3.05, 3.63) is 47.8 Å². The quantitative estimate of drug-likeness (QED) is 0.858. The molecule has 0 amide bonds. The summed E-state index contributed by atoms with van der Waals surface area (Å²) >= 11 is 0. The molecular formula is C13H15N3O2. The highest BCUT2D eigenvalue weighted by molar-refractivity contribution is 5.68. The zero-order valence-corrected chi connectivity index (χ0v) is 10.1. The maximum atomic E-state index is 10.7. The Hall–Kier alpha value is -2.14. The molecule has 18 heavy (non-hydrogen) atoms. The van der Waals surface area contributed by atoms with Crippen LogP contribution in [-0.4, -0.2) is 20.9 Å². The molecular weight excluding hydrogens is 230 g/mol. The maximum absolute atomic E-state index is 10.7. The SMILES string of the molecule is Cc1cnn(-c2ccccc2C(N)CC(=O)O)c1. The van der Waals surface area contributed by atoms with Crippen molar-refractivity contribution >= 4 is 5.97 Å². The van der Waals surface area contributed by atoms with Gasteiger partial charge in [-0.15, -0.1) is 0 Å². The number of aryl methyl sites for hydroxylation is 1. The molecule has 1 aromatic carbocycles. The number of para-hydroxylation sites is 1. The average molecular weight is 245 g/mol. The number of carboxylic acids is 1. The van der Waals surface area contributed by atoms with Crippen molar-refractivity contribution in [1.29, 1.82) is 0 Å². The van der Waals surface area contributed by atoms with Crippen LogP contribution in [0.15, 0.2) is 36.7 Å². The lowest BCUT2D eigenvalue weighted by molar-refractivity contribution is -0.137. The van der Waals surface area contributed by atoms with Gasteiger partial charge in [0.1, 0.15) is 0 Å². The molecule has 2 aromatic rings. The Labute approximate surface area is 105 Å². The van der Waals surface area contributed by atoms with E-state index in [0.717, 1.165) is 16.8 Å². The van der Waals surface area contributed by atoms with E-state index >= 15 is 0 Å². The second-order valence-corrected chi connectivity index (χ2v) is 4.23. The van der Waals surface area contributed by atoms with E-state index in [2.05, 4.69) is 5.10 Å². The summed E-state index contributed by atoms with van der Waals surface area (Å²) in [5.74, 6) is -0.908. The summed E-state index contributed by atoms with van der Waals surface area (Å²) in [5, 5.41) is 13.0. The molecule has 1 unspecified atom stereocenters. The number of hydrogen-bond acceptors (Lipinski definition) is 3. The molecule has 0 aliphatic heterocycles. The Morgan fingerprint density at radius 2 is 2.22 bits per heavy atom. The fourth-order valence-corrected chi connectivity index (χ4v) is 1.85. The number of rotatable bonds is 4. The van der Waals surface area contributed by atoms with E-state index in [1.165, 1.54) is 0 Å². The zero-order chi connectivity index (χ0) is 13.1. The molecule has 1 heterocycles. The van der Waals surface area contributed by atoms with Crippen molar-refractivity contribution in [2.45, 2.75) is 19.4 Å². The van der Waals surface area contributed by atoms with Gasteiger partial charge in [0.05, 0.1) is 18.3 Å². The number of benzene rings is 1. The topological polar surface area (TPSA) is 81.1 Å². The molecule has 5 heteroatoms. The third kappa shape index (κ3) is 2.57. The number of aliphatic carboxylic acids is 1. The fraction of sp³-hybridized carbons (Fsp3) is 0.231. The first-order chi connectivity index (χ1) is 8.58. The predicted molar refractivity (Wildman–Crippen MR) is 67.5 cm³/mol. The largest absolute Gasteiger partial charge is 0.481 e. The van der Waals surface area contributed by atoms with E-state index in [-0.39, 0.29) is 6.42 Å². The number of hydrogen-bond donors (Lipinski definition) is 2. The molecule has 1 atom stereocenters. The van der Waals surface area contributed by atoms with Crippen LogP contribution in [0.1, 0.15) is 23.6 Å². The molecule has 94 valence electrons. The van der Waals surface area contributed by atoms with Gasteiger partial charge in [-0.1, -0.05) is 18.2 Å². The monoisotopic (exact) mass is 245 g/mol. The third-order valence-corrected chi connectivity index (χ3v) is 2.69. The zero-order valence-electron chi connectivity index (χ0n) is 10.1. The van der Waals surface area contributed by atoms with Crippen LogP contribution < -0.4 is 5.73 Å². The molecule has 0 aliphatic carbocycles. The van der Waals surface area contributed by atoms with Gasteiger partial charge in [0.25, 0.3) is 0 Å². The molecule has 1 aromatic heterocycles. The van der Waals surface area contributed by atoms with Gasteiger partial charge in [0, 0.05) is 12.2 Å². The van der Waals surface area contributed by atoms with Crippen LogP contribution in [0.3, 0.4) is 0 Å². The van der Waals surface area contributed by atoms with Gasteiger partial charge in [-0.05, 0) is 24.1 Å². The van der Waals surface area contributed by atoms with Crippen molar-refractivity contribution < 1.29 is 9.90 Å². The van der Waals surface area contributed by atoms with E-state index in [4.69, 9.17) is 10.8 Å². The summed E-state index contributed by atoms with van der Waals surface area (Å²) in [6.07, 6.45) is 3.53. The summed E-state index contributed by atoms with van der Waals surface area (Å²) in [4.78, 5) is 10.7. The molecule has 0 saturated heterocycles. The second-order valence-electron chi connectivity index (χ2n) is 4.23. The summed E-state index contributed by atoms with van der Waals surface area (Å²) < 4.78 is 1.71. The van der Waals surface area contributed by atoms with Crippen LogP contribution in [-0.2, 0) is 4.79 Å². The first-order valence-corrected chi connectivity index (χ1v) is 5.66. The first kappa shape index (κ1) is 12.3. The number of aromatic nitrogens is 2. The summed E-state index contributed by atoms with van der Waals surface area (Å²) in [5.41, 5.74) is 8.56. The highest BCUT2D eigenvalue weighted by atomic mass is 16.4. The minimum absolute atomic E-state index is 0.0999. The fourth-order valence-electron chi connectivity index (χ4n) is 1.85. The van der Waals surface area contributed by atoms with Gasteiger partial charge in [-0.2, -0.15) is 5.10 Å². The minimum Gasteiger partial charge on any atom is -0.481 e. The molecule has 5 nitrogen and oxygen atoms in total. The lowest BCUT2D eigenvalue weighted by Crippen LogP contribution is -2.17. The summed E-state index contributed by atoms with van der Waals surface area (Å²) in [6, 6.07) is 6.90. The first-order valence-electron chi connectivity index (χ1n) is 5.66. The number of nitrogens with zero attached hydrogens (tertiary/aromatic N) is 2. The predicted octanol–water partition coefficient (Wildman–Crippen LogP) is 1.66. The Morgan fingerprint density at radius 1 is 1.50 bits per heavy atom. The summed E-state index contributed by atoms with van der Waals surface area (Å²) in [7, 11) is 0. The number of nitrogens with two attached hydrogens (primary N) is 1.